The smallest absolute Gasteiger partial charge is 0.0651 e. The van der Waals surface area contributed by atoms with Gasteiger partial charge < -0.3 is 4.74 Å². The van der Waals surface area contributed by atoms with Crippen LogP contribution in [-0.2, 0) is 4.74 Å². The van der Waals surface area contributed by atoms with Crippen molar-refractivity contribution in [3.05, 3.63) is 0 Å². The van der Waals surface area contributed by atoms with Crippen LogP contribution in [-0.4, -0.2) is 37.2 Å². The molecule has 2 rings (SSSR count). The average molecular weight is 155 g/mol. The molecule has 2 fully saturated rings. The van der Waals surface area contributed by atoms with Crippen molar-refractivity contribution in [1.82, 2.24) is 4.90 Å². The van der Waals surface area contributed by atoms with E-state index in [1.54, 1.807) is 0 Å². The highest BCUT2D eigenvalue weighted by atomic mass is 16.5. The van der Waals surface area contributed by atoms with Crippen LogP contribution in [0.5, 0.6) is 0 Å². The SMILES string of the molecule is CN1CCCC[C@@]12CCOC2. The minimum Gasteiger partial charge on any atom is -0.379 e. The van der Waals surface area contributed by atoms with Crippen molar-refractivity contribution in [3.63, 3.8) is 0 Å². The summed E-state index contributed by atoms with van der Waals surface area (Å²) in [5.41, 5.74) is 0.443. The van der Waals surface area contributed by atoms with Gasteiger partial charge in [0.2, 0.25) is 0 Å². The molecule has 0 aromatic carbocycles. The topological polar surface area (TPSA) is 12.5 Å². The minimum absolute atomic E-state index is 0.443. The van der Waals surface area contributed by atoms with Crippen molar-refractivity contribution in [3.8, 4) is 0 Å². The molecule has 0 aromatic rings. The summed E-state index contributed by atoms with van der Waals surface area (Å²) in [6.45, 7) is 3.22. The molecule has 0 unspecified atom stereocenters. The summed E-state index contributed by atoms with van der Waals surface area (Å²) in [5, 5.41) is 0. The summed E-state index contributed by atoms with van der Waals surface area (Å²) in [7, 11) is 2.24. The van der Waals surface area contributed by atoms with Gasteiger partial charge in [-0.25, -0.2) is 0 Å². The van der Waals surface area contributed by atoms with E-state index in [-0.39, 0.29) is 0 Å². The Morgan fingerprint density at radius 3 is 2.82 bits per heavy atom. The van der Waals surface area contributed by atoms with E-state index in [9.17, 15) is 0 Å². The molecule has 2 heterocycles. The first-order valence-electron chi connectivity index (χ1n) is 4.63. The van der Waals surface area contributed by atoms with Gasteiger partial charge in [0.15, 0.2) is 0 Å². The highest BCUT2D eigenvalue weighted by Crippen LogP contribution is 2.33. The van der Waals surface area contributed by atoms with Crippen LogP contribution < -0.4 is 0 Å². The lowest BCUT2D eigenvalue weighted by atomic mass is 9.86. The van der Waals surface area contributed by atoms with Crippen LogP contribution in [0.15, 0.2) is 0 Å². The highest BCUT2D eigenvalue weighted by Gasteiger charge is 2.39. The quantitative estimate of drug-likeness (QED) is 0.522. The van der Waals surface area contributed by atoms with Gasteiger partial charge in [-0.2, -0.15) is 0 Å². The zero-order chi connectivity index (χ0) is 7.73. The van der Waals surface area contributed by atoms with Crippen molar-refractivity contribution < 1.29 is 4.74 Å². The molecule has 2 aliphatic rings. The van der Waals surface area contributed by atoms with Crippen molar-refractivity contribution in [2.45, 2.75) is 31.2 Å². The zero-order valence-corrected chi connectivity index (χ0v) is 7.31. The van der Waals surface area contributed by atoms with Gasteiger partial charge in [0, 0.05) is 12.1 Å². The van der Waals surface area contributed by atoms with E-state index in [1.807, 2.05) is 0 Å². The van der Waals surface area contributed by atoms with Gasteiger partial charge in [0.05, 0.1) is 6.61 Å². The number of piperidine rings is 1. The Labute approximate surface area is 68.5 Å². The standard InChI is InChI=1S/C9H17NO/c1-10-6-3-2-4-9(10)5-7-11-8-9/h2-8H2,1H3/t9-/m0/s1. The first-order valence-corrected chi connectivity index (χ1v) is 4.63. The van der Waals surface area contributed by atoms with Gasteiger partial charge in [0.1, 0.15) is 0 Å². The summed E-state index contributed by atoms with van der Waals surface area (Å²) in [6, 6.07) is 0. The molecule has 0 radical (unpaired) electrons. The minimum atomic E-state index is 0.443. The number of nitrogens with zero attached hydrogens (tertiary/aromatic N) is 1. The fourth-order valence-corrected chi connectivity index (χ4v) is 2.33. The number of rotatable bonds is 0. The molecule has 1 atom stereocenters. The molecule has 11 heavy (non-hydrogen) atoms. The predicted molar refractivity (Wildman–Crippen MR) is 44.6 cm³/mol. The molecule has 0 N–H and O–H groups in total. The first kappa shape index (κ1) is 7.56. The fraction of sp³-hybridized carbons (Fsp3) is 1.00. The molecular weight excluding hydrogens is 138 g/mol. The van der Waals surface area contributed by atoms with Crippen LogP contribution >= 0.6 is 0 Å². The Hall–Kier alpha value is -0.0800. The third kappa shape index (κ3) is 1.18. The Balaban J connectivity index is 2.07. The van der Waals surface area contributed by atoms with E-state index >= 15 is 0 Å². The summed E-state index contributed by atoms with van der Waals surface area (Å²) >= 11 is 0. The summed E-state index contributed by atoms with van der Waals surface area (Å²) in [5.74, 6) is 0. The van der Waals surface area contributed by atoms with Crippen molar-refractivity contribution in [1.29, 1.82) is 0 Å². The molecule has 2 heteroatoms. The molecule has 0 aromatic heterocycles. The third-order valence-corrected chi connectivity index (χ3v) is 3.28. The molecule has 2 nitrogen and oxygen atoms in total. The first-order chi connectivity index (χ1) is 5.33. The van der Waals surface area contributed by atoms with E-state index < -0.39 is 0 Å². The fourth-order valence-electron chi connectivity index (χ4n) is 2.33. The second-order valence-electron chi connectivity index (χ2n) is 3.91. The molecule has 0 aliphatic carbocycles. The largest absolute Gasteiger partial charge is 0.379 e. The van der Waals surface area contributed by atoms with E-state index in [1.165, 1.54) is 32.2 Å². The molecule has 1 spiro atoms. The maximum Gasteiger partial charge on any atom is 0.0651 e. The molecule has 64 valence electrons. The molecule has 2 saturated heterocycles. The van der Waals surface area contributed by atoms with Gasteiger partial charge in [-0.1, -0.05) is 6.42 Å². The summed E-state index contributed by atoms with van der Waals surface area (Å²) in [6.07, 6.45) is 5.37. The van der Waals surface area contributed by atoms with Crippen LogP contribution in [0.25, 0.3) is 0 Å². The lowest BCUT2D eigenvalue weighted by Crippen LogP contribution is -2.50. The second kappa shape index (κ2) is 2.76. The van der Waals surface area contributed by atoms with Crippen LogP contribution in [0, 0.1) is 0 Å². The van der Waals surface area contributed by atoms with Gasteiger partial charge in [-0.15, -0.1) is 0 Å². The lowest BCUT2D eigenvalue weighted by Gasteiger charge is -2.41. The Morgan fingerprint density at radius 2 is 2.18 bits per heavy atom. The van der Waals surface area contributed by atoms with Gasteiger partial charge >= 0.3 is 0 Å². The second-order valence-corrected chi connectivity index (χ2v) is 3.91. The van der Waals surface area contributed by atoms with Crippen LogP contribution in [0.4, 0.5) is 0 Å². The van der Waals surface area contributed by atoms with Crippen molar-refractivity contribution >= 4 is 0 Å². The van der Waals surface area contributed by atoms with Crippen LogP contribution in [0.2, 0.25) is 0 Å². The maximum atomic E-state index is 5.47. The highest BCUT2D eigenvalue weighted by molar-refractivity contribution is 4.94. The molecule has 0 saturated carbocycles. The van der Waals surface area contributed by atoms with E-state index in [4.69, 9.17) is 4.74 Å². The molecule has 0 amide bonds. The molecule has 2 aliphatic heterocycles. The van der Waals surface area contributed by atoms with Gasteiger partial charge in [-0.3, -0.25) is 4.90 Å². The summed E-state index contributed by atoms with van der Waals surface area (Å²) in [4.78, 5) is 2.50. The van der Waals surface area contributed by atoms with Crippen LogP contribution in [0.3, 0.4) is 0 Å². The van der Waals surface area contributed by atoms with Gasteiger partial charge in [0.25, 0.3) is 0 Å². The number of hydrogen-bond acceptors (Lipinski definition) is 2. The molecule has 0 bridgehead atoms. The van der Waals surface area contributed by atoms with E-state index in [0.717, 1.165) is 13.2 Å². The monoisotopic (exact) mass is 155 g/mol. The van der Waals surface area contributed by atoms with E-state index in [2.05, 4.69) is 11.9 Å². The number of likely N-dealkylation sites (N-methyl/N-ethyl adjacent to an activating group) is 1. The normalized spacial score (nSPS) is 40.1. The Bertz CT molecular complexity index is 140. The number of ether oxygens (including phenoxy) is 1. The number of hydrogen-bond donors (Lipinski definition) is 0. The van der Waals surface area contributed by atoms with E-state index in [0.29, 0.717) is 5.54 Å². The summed E-state index contributed by atoms with van der Waals surface area (Å²) < 4.78 is 5.47. The van der Waals surface area contributed by atoms with Crippen LogP contribution in [0.1, 0.15) is 25.7 Å². The lowest BCUT2D eigenvalue weighted by molar-refractivity contribution is 0.0554. The van der Waals surface area contributed by atoms with Crippen molar-refractivity contribution in [2.24, 2.45) is 0 Å². The average Bonchev–Trinajstić information content (AvgIpc) is 2.46. The predicted octanol–water partition coefficient (Wildman–Crippen LogP) is 1.26. The Morgan fingerprint density at radius 1 is 1.27 bits per heavy atom. The zero-order valence-electron chi connectivity index (χ0n) is 7.31. The Kier molecular flexibility index (Phi) is 1.90. The molecular formula is C9H17NO. The van der Waals surface area contributed by atoms with Crippen molar-refractivity contribution in [2.75, 3.05) is 26.8 Å². The maximum absolute atomic E-state index is 5.47. The van der Waals surface area contributed by atoms with Gasteiger partial charge in [-0.05, 0) is 32.9 Å². The third-order valence-electron chi connectivity index (χ3n) is 3.28. The number of likely N-dealkylation sites (tertiary alicyclic amines) is 1.